The third kappa shape index (κ3) is 5.99. The Morgan fingerprint density at radius 2 is 1.09 bits per heavy atom. The number of benzene rings is 4. The quantitative estimate of drug-likeness (QED) is 0.133. The summed E-state index contributed by atoms with van der Waals surface area (Å²) in [6, 6.07) is 26.5. The van der Waals surface area contributed by atoms with Crippen LogP contribution in [0.25, 0.3) is 22.1 Å². The van der Waals surface area contributed by atoms with E-state index in [2.05, 4.69) is 78.9 Å². The van der Waals surface area contributed by atoms with E-state index >= 15 is 8.78 Å². The summed E-state index contributed by atoms with van der Waals surface area (Å²) >= 11 is 0. The second kappa shape index (κ2) is 13.4. The van der Waals surface area contributed by atoms with Gasteiger partial charge in [-0.25, -0.2) is 18.7 Å². The van der Waals surface area contributed by atoms with Crippen LogP contribution in [0.3, 0.4) is 0 Å². The Labute approximate surface area is 307 Å². The molecule has 4 aliphatic rings. The standard InChI is InChI=1S/C42H45F2N9/c43-30-24-29(25-31(44)40(30)52-20-18-51(19-21-52)28-6-2-1-3-7-28)53-38(26-10-12-32-36(22-26)49-41(47-32)34-8-4-16-45-34)14-15-39(53)27-11-13-33-37(23-27)50-42(48-33)35-9-5-17-46-35/h1-3,6-7,10-13,22-25,34-35,38-39,45-46H,4-5,8-9,14-21H2,(H,47,49)(H,48,50)/t34-,35-,38+,39+/m0/s1. The van der Waals surface area contributed by atoms with Gasteiger partial charge in [-0.15, -0.1) is 0 Å². The van der Waals surface area contributed by atoms with Gasteiger partial charge in [-0.3, -0.25) is 0 Å². The Balaban J connectivity index is 0.994. The van der Waals surface area contributed by atoms with Crippen LogP contribution in [0.5, 0.6) is 0 Å². The Hall–Kier alpha value is -5.00. The summed E-state index contributed by atoms with van der Waals surface area (Å²) < 4.78 is 32.8. The summed E-state index contributed by atoms with van der Waals surface area (Å²) in [6.45, 7) is 4.49. The molecule has 0 amide bonds. The van der Waals surface area contributed by atoms with Crippen molar-refractivity contribution in [3.63, 3.8) is 0 Å². The van der Waals surface area contributed by atoms with E-state index < -0.39 is 11.6 Å². The van der Waals surface area contributed by atoms with Crippen LogP contribution in [0.15, 0.2) is 78.9 Å². The highest BCUT2D eigenvalue weighted by molar-refractivity contribution is 5.78. The first-order valence-electron chi connectivity index (χ1n) is 19.3. The molecule has 0 saturated carbocycles. The lowest BCUT2D eigenvalue weighted by molar-refractivity contribution is 0.553. The SMILES string of the molecule is Fc1cc(N2[C@@H](c3ccc4nc([C@@H]5CCCN5)[nH]c4c3)CC[C@@H]2c2ccc3nc([C@@H]4CCCN4)[nH]c3c2)cc(F)c1N1CCN(c2ccccc2)CC1. The van der Waals surface area contributed by atoms with Gasteiger partial charge in [0.1, 0.15) is 17.3 Å². The van der Waals surface area contributed by atoms with Crippen molar-refractivity contribution in [3.05, 3.63) is 113 Å². The van der Waals surface area contributed by atoms with E-state index in [0.29, 0.717) is 31.9 Å². The number of aromatic nitrogens is 4. The first-order valence-corrected chi connectivity index (χ1v) is 19.3. The lowest BCUT2D eigenvalue weighted by Crippen LogP contribution is -2.47. The van der Waals surface area contributed by atoms with Gasteiger partial charge in [0.15, 0.2) is 11.6 Å². The Morgan fingerprint density at radius 1 is 0.566 bits per heavy atom. The lowest BCUT2D eigenvalue weighted by atomic mass is 10.0. The third-order valence-electron chi connectivity index (χ3n) is 12.0. The molecule has 9 nitrogen and oxygen atoms in total. The molecule has 4 aromatic carbocycles. The topological polar surface area (TPSA) is 91.1 Å². The number of hydrogen-bond donors (Lipinski definition) is 4. The van der Waals surface area contributed by atoms with Crippen LogP contribution in [0.1, 0.15) is 85.5 Å². The number of nitrogens with one attached hydrogen (secondary N) is 4. The first-order chi connectivity index (χ1) is 26.1. The van der Waals surface area contributed by atoms with E-state index in [-0.39, 0.29) is 29.9 Å². The van der Waals surface area contributed by atoms with E-state index in [4.69, 9.17) is 9.97 Å². The number of halogens is 2. The van der Waals surface area contributed by atoms with Gasteiger partial charge in [-0.05, 0) is 111 Å². The van der Waals surface area contributed by atoms with Gasteiger partial charge < -0.3 is 35.3 Å². The fraction of sp³-hybridized carbons (Fsp3) is 0.381. The van der Waals surface area contributed by atoms with Crippen LogP contribution in [-0.2, 0) is 0 Å². The molecule has 6 heterocycles. The van der Waals surface area contributed by atoms with Crippen molar-refractivity contribution in [1.82, 2.24) is 30.6 Å². The van der Waals surface area contributed by atoms with Crippen LogP contribution in [0.4, 0.5) is 25.8 Å². The number of hydrogen-bond acceptors (Lipinski definition) is 7. The van der Waals surface area contributed by atoms with E-state index in [1.165, 1.54) is 0 Å². The summed E-state index contributed by atoms with van der Waals surface area (Å²) in [5, 5.41) is 7.09. The monoisotopic (exact) mass is 713 g/mol. The molecule has 6 aromatic rings. The van der Waals surface area contributed by atoms with Gasteiger partial charge in [0, 0.05) is 37.6 Å². The zero-order valence-corrected chi connectivity index (χ0v) is 29.8. The molecule has 4 saturated heterocycles. The molecule has 272 valence electrons. The molecule has 0 spiro atoms. The van der Waals surface area contributed by atoms with E-state index in [0.717, 1.165) is 102 Å². The highest BCUT2D eigenvalue weighted by atomic mass is 19.1. The number of rotatable bonds is 7. The average molecular weight is 714 g/mol. The normalized spacial score (nSPS) is 23.6. The summed E-state index contributed by atoms with van der Waals surface area (Å²) in [5.74, 6) is 0.904. The van der Waals surface area contributed by atoms with Crippen LogP contribution in [0, 0.1) is 11.6 Å². The molecule has 0 bridgehead atoms. The fourth-order valence-corrected chi connectivity index (χ4v) is 9.33. The number of anilines is 3. The second-order valence-electron chi connectivity index (χ2n) is 15.2. The van der Waals surface area contributed by atoms with Gasteiger partial charge in [0.25, 0.3) is 0 Å². The summed E-state index contributed by atoms with van der Waals surface area (Å²) in [4.78, 5) is 23.4. The van der Waals surface area contributed by atoms with Crippen LogP contribution >= 0.6 is 0 Å². The molecule has 4 N–H and O–H groups in total. The third-order valence-corrected chi connectivity index (χ3v) is 12.0. The van der Waals surface area contributed by atoms with E-state index in [1.54, 1.807) is 12.1 Å². The predicted octanol–water partition coefficient (Wildman–Crippen LogP) is 7.98. The molecule has 0 radical (unpaired) electrons. The molecule has 11 heteroatoms. The number of piperazine rings is 1. The van der Waals surface area contributed by atoms with Crippen molar-refractivity contribution in [2.24, 2.45) is 0 Å². The Bertz CT molecular complexity index is 2120. The van der Waals surface area contributed by atoms with E-state index in [1.807, 2.05) is 23.1 Å². The zero-order chi connectivity index (χ0) is 35.5. The first kappa shape index (κ1) is 32.6. The van der Waals surface area contributed by atoms with Crippen LogP contribution < -0.4 is 25.3 Å². The summed E-state index contributed by atoms with van der Waals surface area (Å²) in [6.07, 6.45) is 6.10. The molecule has 0 unspecified atom stereocenters. The zero-order valence-electron chi connectivity index (χ0n) is 29.8. The number of imidazole rings is 2. The Morgan fingerprint density at radius 3 is 1.60 bits per heavy atom. The maximum absolute atomic E-state index is 16.4. The highest BCUT2D eigenvalue weighted by Crippen LogP contribution is 2.48. The van der Waals surface area contributed by atoms with Crippen molar-refractivity contribution >= 4 is 39.1 Å². The summed E-state index contributed by atoms with van der Waals surface area (Å²) in [5.41, 5.74) is 7.81. The van der Waals surface area contributed by atoms with Crippen LogP contribution in [0.2, 0.25) is 0 Å². The maximum atomic E-state index is 16.4. The van der Waals surface area contributed by atoms with Crippen molar-refractivity contribution in [2.75, 3.05) is 54.0 Å². The number of H-pyrrole nitrogens is 2. The number of aromatic amines is 2. The lowest BCUT2D eigenvalue weighted by Gasteiger charge is -2.38. The van der Waals surface area contributed by atoms with Crippen LogP contribution in [-0.4, -0.2) is 59.2 Å². The second-order valence-corrected chi connectivity index (χ2v) is 15.2. The minimum absolute atomic E-state index is 0.0626. The summed E-state index contributed by atoms with van der Waals surface area (Å²) in [7, 11) is 0. The smallest absolute Gasteiger partial charge is 0.151 e. The number of para-hydroxylation sites is 1. The average Bonchev–Trinajstić information content (AvgIpc) is 4.03. The van der Waals surface area contributed by atoms with Crippen molar-refractivity contribution in [2.45, 2.75) is 62.7 Å². The largest absolute Gasteiger partial charge is 0.368 e. The van der Waals surface area contributed by atoms with Crippen molar-refractivity contribution < 1.29 is 8.78 Å². The molecule has 53 heavy (non-hydrogen) atoms. The molecular formula is C42H45F2N9. The van der Waals surface area contributed by atoms with Gasteiger partial charge in [0.05, 0.1) is 46.2 Å². The van der Waals surface area contributed by atoms with Gasteiger partial charge in [-0.2, -0.15) is 0 Å². The number of nitrogens with zero attached hydrogens (tertiary/aromatic N) is 5. The fourth-order valence-electron chi connectivity index (χ4n) is 9.33. The van der Waals surface area contributed by atoms with Gasteiger partial charge >= 0.3 is 0 Å². The predicted molar refractivity (Wildman–Crippen MR) is 207 cm³/mol. The molecular weight excluding hydrogens is 669 g/mol. The molecule has 10 rings (SSSR count). The molecule has 2 aromatic heterocycles. The number of fused-ring (bicyclic) bond motifs is 2. The molecule has 4 aliphatic heterocycles. The molecule has 4 fully saturated rings. The minimum atomic E-state index is -0.520. The highest BCUT2D eigenvalue weighted by Gasteiger charge is 2.37. The molecule has 0 aliphatic carbocycles. The van der Waals surface area contributed by atoms with Crippen molar-refractivity contribution in [1.29, 1.82) is 0 Å². The van der Waals surface area contributed by atoms with Gasteiger partial charge in [-0.1, -0.05) is 30.3 Å². The minimum Gasteiger partial charge on any atom is -0.368 e. The van der Waals surface area contributed by atoms with Crippen molar-refractivity contribution in [3.8, 4) is 0 Å². The van der Waals surface area contributed by atoms with Gasteiger partial charge in [0.2, 0.25) is 0 Å². The maximum Gasteiger partial charge on any atom is 0.151 e. The molecule has 4 atom stereocenters. The van der Waals surface area contributed by atoms with E-state index in [9.17, 15) is 0 Å². The Kier molecular flexibility index (Phi) is 8.28.